The molecule has 1 aromatic heterocycles. The summed E-state index contributed by atoms with van der Waals surface area (Å²) in [7, 11) is 0. The second-order valence-electron chi connectivity index (χ2n) is 8.76. The number of carbonyl (C=O) groups excluding carboxylic acids is 1. The van der Waals surface area contributed by atoms with Gasteiger partial charge in [-0.15, -0.1) is 0 Å². The van der Waals surface area contributed by atoms with E-state index in [1.165, 1.54) is 12.1 Å². The summed E-state index contributed by atoms with van der Waals surface area (Å²) < 4.78 is 96.6. The number of alkyl halides is 6. The largest absolute Gasteiger partial charge is 0.483 e. The summed E-state index contributed by atoms with van der Waals surface area (Å²) >= 11 is 11.8. The summed E-state index contributed by atoms with van der Waals surface area (Å²) in [6, 6.07) is 4.26. The molecule has 0 aliphatic heterocycles. The van der Waals surface area contributed by atoms with E-state index in [2.05, 4.69) is 20.6 Å². The Balaban J connectivity index is 1.60. The number of fused-ring (bicyclic) bond motifs is 1. The molecular weight excluding hydrogens is 568 g/mol. The van der Waals surface area contributed by atoms with Crippen molar-refractivity contribution in [1.82, 2.24) is 15.3 Å². The summed E-state index contributed by atoms with van der Waals surface area (Å²) in [6.07, 6.45) is -9.29. The van der Waals surface area contributed by atoms with Crippen LogP contribution in [0.1, 0.15) is 36.0 Å². The Morgan fingerprint density at radius 2 is 1.71 bits per heavy atom. The van der Waals surface area contributed by atoms with Crippen LogP contribution >= 0.6 is 23.2 Å². The minimum absolute atomic E-state index is 0.0260. The van der Waals surface area contributed by atoms with Crippen molar-refractivity contribution in [3.63, 3.8) is 0 Å². The van der Waals surface area contributed by atoms with Crippen molar-refractivity contribution in [2.45, 2.75) is 44.1 Å². The first-order valence-electron chi connectivity index (χ1n) is 11.2. The van der Waals surface area contributed by atoms with E-state index < -0.39 is 48.4 Å². The Bertz CT molecular complexity index is 1340. The smallest absolute Gasteiger partial charge is 0.422 e. The number of nitrogens with one attached hydrogen (secondary N) is 3. The monoisotopic (exact) mass is 586 g/mol. The predicted octanol–water partition coefficient (Wildman–Crippen LogP) is 7.54. The first-order chi connectivity index (χ1) is 17.7. The van der Waals surface area contributed by atoms with Crippen molar-refractivity contribution in [1.29, 1.82) is 0 Å². The van der Waals surface area contributed by atoms with Gasteiger partial charge in [0, 0.05) is 12.1 Å². The van der Waals surface area contributed by atoms with Crippen LogP contribution in [0.2, 0.25) is 10.0 Å². The SMILES string of the molecule is O=C(N[C@H]1CC[C@H](C(F)(F)F)CC1)c1cc2nc(Nc3c(Cl)ccc(Cl)c3F)[nH]c2cc1OCC(F)(F)F. The van der Waals surface area contributed by atoms with Gasteiger partial charge in [0.1, 0.15) is 5.75 Å². The molecule has 0 bridgehead atoms. The first-order valence-corrected chi connectivity index (χ1v) is 12.0. The van der Waals surface area contributed by atoms with E-state index in [1.807, 2.05) is 0 Å². The van der Waals surface area contributed by atoms with Gasteiger partial charge in [0.05, 0.1) is 38.2 Å². The molecule has 4 rings (SSSR count). The lowest BCUT2D eigenvalue weighted by Gasteiger charge is -2.30. The molecule has 0 radical (unpaired) electrons. The number of hydrogen-bond acceptors (Lipinski definition) is 4. The molecule has 0 atom stereocenters. The first kappa shape index (κ1) is 28.1. The average Bonchev–Trinajstić information content (AvgIpc) is 3.23. The number of aromatic amines is 1. The Hall–Kier alpha value is -2.93. The maximum atomic E-state index is 14.4. The summed E-state index contributed by atoms with van der Waals surface area (Å²) in [5.41, 5.74) is -0.259. The molecule has 15 heteroatoms. The van der Waals surface area contributed by atoms with Crippen molar-refractivity contribution in [2.75, 3.05) is 11.9 Å². The summed E-state index contributed by atoms with van der Waals surface area (Å²) in [4.78, 5) is 19.9. The highest BCUT2D eigenvalue weighted by molar-refractivity contribution is 6.35. The molecule has 3 aromatic rings. The topological polar surface area (TPSA) is 79.0 Å². The molecule has 1 heterocycles. The van der Waals surface area contributed by atoms with Crippen molar-refractivity contribution in [3.05, 3.63) is 45.7 Å². The standard InChI is InChI=1S/C23H19Cl2F7N4O2/c24-13-5-6-14(25)19(18(13)26)36-21-34-15-7-12(17(8-16(15)35-21)38-9-22(27,28)29)20(37)33-11-3-1-10(2-4-11)23(30,31)32/h5-8,10-11H,1-4,9H2,(H,33,37)(H2,34,35,36)/t10-,11-. The lowest BCUT2D eigenvalue weighted by molar-refractivity contribution is -0.182. The fraction of sp³-hybridized carbons (Fsp3) is 0.391. The fourth-order valence-corrected chi connectivity index (χ4v) is 4.49. The molecule has 0 saturated heterocycles. The van der Waals surface area contributed by atoms with Gasteiger partial charge in [-0.3, -0.25) is 4.79 Å². The van der Waals surface area contributed by atoms with Gasteiger partial charge in [-0.1, -0.05) is 23.2 Å². The molecule has 0 unspecified atom stereocenters. The number of rotatable bonds is 6. The van der Waals surface area contributed by atoms with Gasteiger partial charge in [0.2, 0.25) is 5.95 Å². The van der Waals surface area contributed by atoms with E-state index in [4.69, 9.17) is 27.9 Å². The van der Waals surface area contributed by atoms with Crippen molar-refractivity contribution < 1.29 is 40.3 Å². The van der Waals surface area contributed by atoms with E-state index in [0.29, 0.717) is 0 Å². The van der Waals surface area contributed by atoms with Gasteiger partial charge in [-0.05, 0) is 43.9 Å². The number of ether oxygens (including phenoxy) is 1. The lowest BCUT2D eigenvalue weighted by atomic mass is 9.85. The second kappa shape index (κ2) is 10.7. The molecule has 1 aliphatic rings. The van der Waals surface area contributed by atoms with Crippen molar-refractivity contribution in [3.8, 4) is 5.75 Å². The Labute approximate surface area is 220 Å². The molecule has 206 valence electrons. The Kier molecular flexibility index (Phi) is 7.89. The zero-order chi connectivity index (χ0) is 27.8. The lowest BCUT2D eigenvalue weighted by Crippen LogP contribution is -2.40. The van der Waals surface area contributed by atoms with Crippen LogP contribution < -0.4 is 15.4 Å². The van der Waals surface area contributed by atoms with E-state index in [0.717, 1.165) is 12.1 Å². The molecule has 0 spiro atoms. The molecule has 3 N–H and O–H groups in total. The summed E-state index contributed by atoms with van der Waals surface area (Å²) in [5, 5.41) is 4.93. The van der Waals surface area contributed by atoms with E-state index in [9.17, 15) is 35.5 Å². The van der Waals surface area contributed by atoms with Crippen LogP contribution in [0.5, 0.6) is 5.75 Å². The summed E-state index contributed by atoms with van der Waals surface area (Å²) in [6.45, 7) is -1.70. The third kappa shape index (κ3) is 6.55. The number of nitrogens with zero attached hydrogens (tertiary/aromatic N) is 1. The number of benzene rings is 2. The minimum Gasteiger partial charge on any atom is -0.483 e. The van der Waals surface area contributed by atoms with Gasteiger partial charge in [0.25, 0.3) is 5.91 Å². The molecule has 38 heavy (non-hydrogen) atoms. The van der Waals surface area contributed by atoms with Crippen LogP contribution in [0.3, 0.4) is 0 Å². The number of imidazole rings is 1. The van der Waals surface area contributed by atoms with Gasteiger partial charge < -0.3 is 20.4 Å². The maximum Gasteiger partial charge on any atom is 0.422 e. The normalized spacial score (nSPS) is 18.4. The molecule has 1 fully saturated rings. The fourth-order valence-electron chi connectivity index (χ4n) is 4.14. The zero-order valence-corrected chi connectivity index (χ0v) is 20.7. The third-order valence-corrected chi connectivity index (χ3v) is 6.64. The third-order valence-electron chi connectivity index (χ3n) is 6.03. The zero-order valence-electron chi connectivity index (χ0n) is 19.2. The summed E-state index contributed by atoms with van der Waals surface area (Å²) in [5.74, 6) is -3.66. The van der Waals surface area contributed by atoms with Crippen molar-refractivity contribution >= 4 is 51.8 Å². The molecule has 1 saturated carbocycles. The molecule has 2 aromatic carbocycles. The Morgan fingerprint density at radius 3 is 2.34 bits per heavy atom. The van der Waals surface area contributed by atoms with Gasteiger partial charge in [0.15, 0.2) is 12.4 Å². The van der Waals surface area contributed by atoms with E-state index in [-0.39, 0.29) is 64.0 Å². The minimum atomic E-state index is -4.71. The number of aromatic nitrogens is 2. The van der Waals surface area contributed by atoms with Crippen LogP contribution in [0.25, 0.3) is 11.0 Å². The molecule has 1 amide bonds. The highest BCUT2D eigenvalue weighted by atomic mass is 35.5. The van der Waals surface area contributed by atoms with Crippen LogP contribution in [-0.2, 0) is 0 Å². The molecule has 1 aliphatic carbocycles. The second-order valence-corrected chi connectivity index (χ2v) is 9.58. The highest BCUT2D eigenvalue weighted by Crippen LogP contribution is 2.38. The van der Waals surface area contributed by atoms with Gasteiger partial charge in [-0.2, -0.15) is 26.3 Å². The van der Waals surface area contributed by atoms with Crippen LogP contribution in [0.15, 0.2) is 24.3 Å². The van der Waals surface area contributed by atoms with Crippen LogP contribution in [0.4, 0.5) is 42.4 Å². The number of amides is 1. The number of hydrogen-bond donors (Lipinski definition) is 3. The van der Waals surface area contributed by atoms with Crippen molar-refractivity contribution in [2.24, 2.45) is 5.92 Å². The van der Waals surface area contributed by atoms with Gasteiger partial charge in [-0.25, -0.2) is 9.37 Å². The number of H-pyrrole nitrogens is 1. The number of carbonyl (C=O) groups is 1. The van der Waals surface area contributed by atoms with Crippen LogP contribution in [-0.4, -0.2) is 40.9 Å². The van der Waals surface area contributed by atoms with E-state index in [1.54, 1.807) is 0 Å². The van der Waals surface area contributed by atoms with Gasteiger partial charge >= 0.3 is 12.4 Å². The molecular formula is C23H19Cl2F7N4O2. The number of anilines is 2. The maximum absolute atomic E-state index is 14.4. The number of halogens is 9. The highest BCUT2D eigenvalue weighted by Gasteiger charge is 2.41. The molecule has 6 nitrogen and oxygen atoms in total. The predicted molar refractivity (Wildman–Crippen MR) is 127 cm³/mol. The van der Waals surface area contributed by atoms with Crippen LogP contribution in [0, 0.1) is 11.7 Å². The van der Waals surface area contributed by atoms with E-state index >= 15 is 0 Å². The average molecular weight is 587 g/mol. The quantitative estimate of drug-likeness (QED) is 0.206. The Morgan fingerprint density at radius 1 is 1.05 bits per heavy atom.